The number of thiophene rings is 1. The van der Waals surface area contributed by atoms with Gasteiger partial charge in [0, 0.05) is 12.3 Å². The van der Waals surface area contributed by atoms with E-state index in [9.17, 15) is 14.9 Å². The Morgan fingerprint density at radius 1 is 1.43 bits per heavy atom. The van der Waals surface area contributed by atoms with Gasteiger partial charge in [0.25, 0.3) is 5.69 Å². The van der Waals surface area contributed by atoms with E-state index in [-0.39, 0.29) is 11.5 Å². The van der Waals surface area contributed by atoms with Gasteiger partial charge in [0.15, 0.2) is 11.4 Å². The molecule has 0 aliphatic heterocycles. The molecule has 21 heavy (non-hydrogen) atoms. The van der Waals surface area contributed by atoms with Gasteiger partial charge in [-0.2, -0.15) is 0 Å². The van der Waals surface area contributed by atoms with Gasteiger partial charge in [-0.15, -0.1) is 21.5 Å². The zero-order valence-corrected chi connectivity index (χ0v) is 12.3. The summed E-state index contributed by atoms with van der Waals surface area (Å²) in [4.78, 5) is 22.4. The van der Waals surface area contributed by atoms with Crippen molar-refractivity contribution in [3.8, 4) is 0 Å². The monoisotopic (exact) mass is 320 g/mol. The van der Waals surface area contributed by atoms with E-state index in [0.29, 0.717) is 19.9 Å². The maximum absolute atomic E-state index is 11.4. The Morgan fingerprint density at radius 3 is 2.95 bits per heavy atom. The second-order valence-corrected chi connectivity index (χ2v) is 6.40. The quantitative estimate of drug-likeness (QED) is 0.417. The highest BCUT2D eigenvalue weighted by molar-refractivity contribution is 8.01. The fourth-order valence-corrected chi connectivity index (χ4v) is 3.86. The van der Waals surface area contributed by atoms with Crippen molar-refractivity contribution in [1.29, 1.82) is 0 Å². The first kappa shape index (κ1) is 13.7. The maximum Gasteiger partial charge on any atom is 0.294 e. The Bertz CT molecular complexity index is 855. The molecule has 3 aromatic rings. The molecule has 0 fully saturated rings. The molecular formula is C12H8N4O3S2. The number of aromatic nitrogens is 3. The van der Waals surface area contributed by atoms with Crippen molar-refractivity contribution in [2.24, 2.45) is 0 Å². The van der Waals surface area contributed by atoms with Gasteiger partial charge in [0.2, 0.25) is 5.16 Å². The summed E-state index contributed by atoms with van der Waals surface area (Å²) in [7, 11) is 0. The third-order valence-corrected chi connectivity index (χ3v) is 5.06. The van der Waals surface area contributed by atoms with E-state index < -0.39 is 4.92 Å². The Morgan fingerprint density at radius 2 is 2.24 bits per heavy atom. The number of fused-ring (bicyclic) bond motifs is 1. The third-order valence-electron chi connectivity index (χ3n) is 2.69. The molecule has 106 valence electrons. The van der Waals surface area contributed by atoms with Crippen LogP contribution < -0.4 is 0 Å². The number of nitrogens with zero attached hydrogens (tertiary/aromatic N) is 4. The highest BCUT2D eigenvalue weighted by atomic mass is 32.2. The second kappa shape index (κ2) is 5.26. The van der Waals surface area contributed by atoms with Gasteiger partial charge in [-0.25, -0.2) is 0 Å². The van der Waals surface area contributed by atoms with Crippen LogP contribution in [-0.4, -0.2) is 25.3 Å². The fraction of sp³-hybridized carbons (Fsp3) is 0.0833. The molecule has 0 amide bonds. The summed E-state index contributed by atoms with van der Waals surface area (Å²) in [6.07, 6.45) is 1.78. The molecule has 0 unspecified atom stereocenters. The van der Waals surface area contributed by atoms with Gasteiger partial charge in [0.05, 0.1) is 9.80 Å². The van der Waals surface area contributed by atoms with Crippen LogP contribution in [0.15, 0.2) is 39.8 Å². The summed E-state index contributed by atoms with van der Waals surface area (Å²) < 4.78 is 2.16. The topological polar surface area (TPSA) is 90.4 Å². The second-order valence-electron chi connectivity index (χ2n) is 4.11. The lowest BCUT2D eigenvalue weighted by molar-refractivity contribution is -0.387. The van der Waals surface area contributed by atoms with Crippen molar-refractivity contribution in [1.82, 2.24) is 14.6 Å². The van der Waals surface area contributed by atoms with E-state index in [1.165, 1.54) is 13.0 Å². The lowest BCUT2D eigenvalue weighted by Crippen LogP contribution is -1.89. The van der Waals surface area contributed by atoms with Crippen molar-refractivity contribution in [3.63, 3.8) is 0 Å². The highest BCUT2D eigenvalue weighted by Gasteiger charge is 2.23. The Kier molecular flexibility index (Phi) is 3.43. The number of carbonyl (C=O) groups is 1. The van der Waals surface area contributed by atoms with Crippen LogP contribution in [0.3, 0.4) is 0 Å². The molecule has 0 radical (unpaired) electrons. The van der Waals surface area contributed by atoms with E-state index >= 15 is 0 Å². The van der Waals surface area contributed by atoms with Gasteiger partial charge in [-0.05, 0) is 30.8 Å². The minimum absolute atomic E-state index is 0.0807. The van der Waals surface area contributed by atoms with Gasteiger partial charge >= 0.3 is 0 Å². The summed E-state index contributed by atoms with van der Waals surface area (Å²) in [6.45, 7) is 1.39. The van der Waals surface area contributed by atoms with Gasteiger partial charge in [0.1, 0.15) is 4.21 Å². The number of Topliss-reactive ketones (excluding diaryl/α,β-unsaturated/α-hetero) is 1. The first-order valence-corrected chi connectivity index (χ1v) is 7.46. The van der Waals surface area contributed by atoms with E-state index in [0.717, 1.165) is 23.1 Å². The van der Waals surface area contributed by atoms with Crippen molar-refractivity contribution in [3.05, 3.63) is 45.5 Å². The van der Waals surface area contributed by atoms with Gasteiger partial charge in [-0.1, -0.05) is 6.07 Å². The minimum Gasteiger partial charge on any atom is -0.294 e. The molecule has 0 saturated carbocycles. The molecule has 0 N–H and O–H groups in total. The standard InChI is InChI=1S/C12H8N4O3S2/c1-7(17)9-6-8(16(18)19)11(20-9)21-12-14-13-10-4-2-3-5-15(10)12/h2-6H,1H3. The lowest BCUT2D eigenvalue weighted by Gasteiger charge is -1.96. The molecule has 3 aromatic heterocycles. The normalized spacial score (nSPS) is 10.9. The first-order valence-electron chi connectivity index (χ1n) is 5.83. The largest absolute Gasteiger partial charge is 0.294 e. The molecule has 0 aliphatic rings. The molecule has 0 atom stereocenters. The van der Waals surface area contributed by atoms with Crippen LogP contribution in [0, 0.1) is 10.1 Å². The van der Waals surface area contributed by atoms with Crippen LogP contribution in [0.5, 0.6) is 0 Å². The number of ketones is 1. The number of hydrogen-bond donors (Lipinski definition) is 0. The Hall–Kier alpha value is -2.26. The number of carbonyl (C=O) groups excluding carboxylic acids is 1. The zero-order valence-electron chi connectivity index (χ0n) is 10.7. The molecule has 9 heteroatoms. The van der Waals surface area contributed by atoms with Gasteiger partial charge < -0.3 is 0 Å². The average molecular weight is 320 g/mol. The number of rotatable bonds is 4. The van der Waals surface area contributed by atoms with Crippen LogP contribution in [-0.2, 0) is 0 Å². The molecule has 7 nitrogen and oxygen atoms in total. The summed E-state index contributed by atoms with van der Waals surface area (Å²) in [5.41, 5.74) is 0.578. The Labute approximate surface area is 126 Å². The van der Waals surface area contributed by atoms with Crippen LogP contribution in [0.1, 0.15) is 16.6 Å². The lowest BCUT2D eigenvalue weighted by atomic mass is 10.3. The number of hydrogen-bond acceptors (Lipinski definition) is 7. The molecule has 0 aromatic carbocycles. The van der Waals surface area contributed by atoms with Crippen LogP contribution in [0.4, 0.5) is 5.69 Å². The Balaban J connectivity index is 2.05. The summed E-state index contributed by atoms with van der Waals surface area (Å²) in [6, 6.07) is 6.75. The summed E-state index contributed by atoms with van der Waals surface area (Å²) >= 11 is 2.22. The molecule has 0 aliphatic carbocycles. The predicted molar refractivity (Wildman–Crippen MR) is 78.1 cm³/mol. The summed E-state index contributed by atoms with van der Waals surface area (Å²) in [5.74, 6) is -0.193. The molecule has 3 rings (SSSR count). The van der Waals surface area contributed by atoms with Gasteiger partial charge in [-0.3, -0.25) is 19.3 Å². The fourth-order valence-electron chi connectivity index (χ4n) is 1.71. The van der Waals surface area contributed by atoms with E-state index in [4.69, 9.17) is 0 Å². The third kappa shape index (κ3) is 2.52. The SMILES string of the molecule is CC(=O)c1cc([N+](=O)[O-])c(Sc2nnc3ccccn23)s1. The maximum atomic E-state index is 11.4. The zero-order chi connectivity index (χ0) is 15.0. The molecule has 0 spiro atoms. The van der Waals surface area contributed by atoms with E-state index in [1.807, 2.05) is 12.1 Å². The molecule has 0 saturated heterocycles. The predicted octanol–water partition coefficient (Wildman–Crippen LogP) is 3.05. The van der Waals surface area contributed by atoms with Crippen LogP contribution >= 0.6 is 23.1 Å². The summed E-state index contributed by atoms with van der Waals surface area (Å²) in [5, 5.41) is 19.6. The smallest absolute Gasteiger partial charge is 0.294 e. The molecule has 0 bridgehead atoms. The van der Waals surface area contributed by atoms with E-state index in [1.54, 1.807) is 16.7 Å². The van der Waals surface area contributed by atoms with Crippen molar-refractivity contribution in [2.75, 3.05) is 0 Å². The minimum atomic E-state index is -0.492. The van der Waals surface area contributed by atoms with Crippen molar-refractivity contribution < 1.29 is 9.72 Å². The molecule has 3 heterocycles. The van der Waals surface area contributed by atoms with Crippen LogP contribution in [0.25, 0.3) is 5.65 Å². The first-order chi connectivity index (χ1) is 10.1. The number of nitro groups is 1. The highest BCUT2D eigenvalue weighted by Crippen LogP contribution is 2.40. The molecular weight excluding hydrogens is 312 g/mol. The van der Waals surface area contributed by atoms with Crippen molar-refractivity contribution in [2.45, 2.75) is 16.3 Å². The van der Waals surface area contributed by atoms with E-state index in [2.05, 4.69) is 10.2 Å². The van der Waals surface area contributed by atoms with Crippen molar-refractivity contribution >= 4 is 40.2 Å². The average Bonchev–Trinajstić information content (AvgIpc) is 3.04. The number of pyridine rings is 1. The van der Waals surface area contributed by atoms with Crippen LogP contribution in [0.2, 0.25) is 0 Å².